The molecule has 1 fully saturated rings. The van der Waals surface area contributed by atoms with Crippen molar-refractivity contribution in [3.63, 3.8) is 0 Å². The number of esters is 1. The molecule has 2 aliphatic rings. The number of rotatable bonds is 2. The first kappa shape index (κ1) is 18.1. The van der Waals surface area contributed by atoms with Crippen molar-refractivity contribution in [1.29, 1.82) is 0 Å². The topological polar surface area (TPSA) is 42.4 Å². The molecule has 1 aromatic heterocycles. The molecule has 0 amide bonds. The predicted molar refractivity (Wildman–Crippen MR) is 92.4 cm³/mol. The number of methoxy groups -OCH3 is 1. The maximum atomic E-state index is 13.8. The lowest BCUT2D eigenvalue weighted by Gasteiger charge is -2.38. The third-order valence-electron chi connectivity index (χ3n) is 5.42. The highest BCUT2D eigenvalue weighted by molar-refractivity contribution is 5.95. The van der Waals surface area contributed by atoms with Crippen LogP contribution in [0.3, 0.4) is 0 Å². The normalized spacial score (nSPS) is 23.4. The molecule has 1 unspecified atom stereocenters. The van der Waals surface area contributed by atoms with Gasteiger partial charge in [-0.3, -0.25) is 0 Å². The number of fused-ring (bicyclic) bond motifs is 1. The Balaban J connectivity index is 1.98. The van der Waals surface area contributed by atoms with Gasteiger partial charge < -0.3 is 9.64 Å². The number of carbonyl (C=O) groups excluding carboxylic acids is 1. The van der Waals surface area contributed by atoms with E-state index in [0.29, 0.717) is 11.4 Å². The third kappa shape index (κ3) is 3.77. The van der Waals surface area contributed by atoms with E-state index in [2.05, 4.69) is 0 Å². The molecule has 1 aliphatic heterocycles. The number of ether oxygens (including phenoxy) is 1. The van der Waals surface area contributed by atoms with E-state index in [1.807, 2.05) is 11.0 Å². The van der Waals surface area contributed by atoms with Crippen molar-refractivity contribution in [2.75, 3.05) is 25.1 Å². The first-order chi connectivity index (χ1) is 11.9. The molecule has 3 rings (SSSR count). The molecule has 0 aromatic carbocycles. The van der Waals surface area contributed by atoms with Crippen LogP contribution in [-0.4, -0.2) is 37.1 Å². The second kappa shape index (κ2) is 7.26. The number of halogens is 2. The van der Waals surface area contributed by atoms with Crippen LogP contribution in [0.2, 0.25) is 0 Å². The molecule has 6 heteroatoms. The van der Waals surface area contributed by atoms with Crippen LogP contribution in [-0.2, 0) is 17.6 Å². The maximum Gasteiger partial charge on any atom is 0.341 e. The second-order valence-electron chi connectivity index (χ2n) is 7.23. The molecule has 138 valence electrons. The summed E-state index contributed by atoms with van der Waals surface area (Å²) in [6, 6.07) is 1.88. The highest BCUT2D eigenvalue weighted by Gasteiger charge is 2.42. The smallest absolute Gasteiger partial charge is 0.341 e. The summed E-state index contributed by atoms with van der Waals surface area (Å²) in [7, 11) is 1.34. The van der Waals surface area contributed by atoms with Gasteiger partial charge in [-0.1, -0.05) is 19.8 Å². The molecule has 4 nitrogen and oxygen atoms in total. The lowest BCUT2D eigenvalue weighted by atomic mass is 9.93. The summed E-state index contributed by atoms with van der Waals surface area (Å²) in [5.74, 6) is -3.37. The van der Waals surface area contributed by atoms with Crippen LogP contribution in [0.1, 0.15) is 60.6 Å². The van der Waals surface area contributed by atoms with Crippen LogP contribution < -0.4 is 4.90 Å². The highest BCUT2D eigenvalue weighted by Crippen LogP contribution is 2.36. The Morgan fingerprint density at radius 1 is 1.28 bits per heavy atom. The SMILES string of the molecule is COC(=O)c1cc2c(nc1N1CCC(F)(F)C(C)C1)CCCCCC2. The molecular formula is C19H26F2N2O2. The quantitative estimate of drug-likeness (QED) is 0.754. The number of alkyl halides is 2. The van der Waals surface area contributed by atoms with Crippen LogP contribution >= 0.6 is 0 Å². The zero-order chi connectivity index (χ0) is 18.0. The van der Waals surface area contributed by atoms with Crippen molar-refractivity contribution in [2.24, 2.45) is 5.92 Å². The number of aryl methyl sites for hydroxylation is 2. The number of pyridine rings is 1. The first-order valence-corrected chi connectivity index (χ1v) is 9.16. The standard InChI is InChI=1S/C19H26F2N2O2/c1-13-12-23(10-9-19(13,20)21)17-15(18(24)25-2)11-14-7-5-3-4-6-8-16(14)22-17/h11,13H,3-10,12H2,1-2H3. The minimum atomic E-state index is -2.66. The first-order valence-electron chi connectivity index (χ1n) is 9.16. The number of hydrogen-bond donors (Lipinski definition) is 0. The fourth-order valence-corrected chi connectivity index (χ4v) is 3.76. The van der Waals surface area contributed by atoms with Crippen LogP contribution in [0.25, 0.3) is 0 Å². The molecule has 2 heterocycles. The van der Waals surface area contributed by atoms with Crippen LogP contribution in [0.15, 0.2) is 6.07 Å². The Bertz CT molecular complexity index is 649. The number of aromatic nitrogens is 1. The zero-order valence-corrected chi connectivity index (χ0v) is 15.0. The number of nitrogens with zero attached hydrogens (tertiary/aromatic N) is 2. The largest absolute Gasteiger partial charge is 0.465 e. The molecule has 0 spiro atoms. The second-order valence-corrected chi connectivity index (χ2v) is 7.23. The zero-order valence-electron chi connectivity index (χ0n) is 15.0. The highest BCUT2D eigenvalue weighted by atomic mass is 19.3. The van der Waals surface area contributed by atoms with Gasteiger partial charge in [0.25, 0.3) is 5.92 Å². The molecule has 0 radical (unpaired) electrons. The van der Waals surface area contributed by atoms with E-state index in [1.54, 1.807) is 6.92 Å². The number of anilines is 1. The predicted octanol–water partition coefficient (Wildman–Crippen LogP) is 4.01. The van der Waals surface area contributed by atoms with E-state index in [0.717, 1.165) is 36.9 Å². The average molecular weight is 352 g/mol. The summed E-state index contributed by atoms with van der Waals surface area (Å²) in [6.07, 6.45) is 6.10. The minimum Gasteiger partial charge on any atom is -0.465 e. The van der Waals surface area contributed by atoms with Crippen LogP contribution in [0, 0.1) is 5.92 Å². The number of carbonyl (C=O) groups is 1. The summed E-state index contributed by atoms with van der Waals surface area (Å²) in [5, 5.41) is 0. The third-order valence-corrected chi connectivity index (χ3v) is 5.42. The van der Waals surface area contributed by atoms with E-state index in [1.165, 1.54) is 20.0 Å². The Morgan fingerprint density at radius 2 is 2.00 bits per heavy atom. The van der Waals surface area contributed by atoms with Crippen molar-refractivity contribution in [2.45, 2.75) is 57.8 Å². The molecule has 0 saturated carbocycles. The van der Waals surface area contributed by atoms with E-state index in [4.69, 9.17) is 9.72 Å². The fraction of sp³-hybridized carbons (Fsp3) is 0.684. The van der Waals surface area contributed by atoms with Crippen molar-refractivity contribution in [3.8, 4) is 0 Å². The van der Waals surface area contributed by atoms with Gasteiger partial charge in [0.1, 0.15) is 11.4 Å². The summed E-state index contributed by atoms with van der Waals surface area (Å²) < 4.78 is 32.6. The fourth-order valence-electron chi connectivity index (χ4n) is 3.76. The molecular weight excluding hydrogens is 326 g/mol. The van der Waals surface area contributed by atoms with Gasteiger partial charge >= 0.3 is 5.97 Å². The maximum absolute atomic E-state index is 13.8. The van der Waals surface area contributed by atoms with Gasteiger partial charge in [-0.25, -0.2) is 18.6 Å². The van der Waals surface area contributed by atoms with Gasteiger partial charge in [0.15, 0.2) is 0 Å². The van der Waals surface area contributed by atoms with Gasteiger partial charge in [0, 0.05) is 31.1 Å². The average Bonchev–Trinajstić information content (AvgIpc) is 2.57. The monoisotopic (exact) mass is 352 g/mol. The van der Waals surface area contributed by atoms with Crippen molar-refractivity contribution < 1.29 is 18.3 Å². The summed E-state index contributed by atoms with van der Waals surface area (Å²) >= 11 is 0. The molecule has 1 aliphatic carbocycles. The van der Waals surface area contributed by atoms with Gasteiger partial charge in [-0.05, 0) is 37.3 Å². The molecule has 0 bridgehead atoms. The Kier molecular flexibility index (Phi) is 5.25. The van der Waals surface area contributed by atoms with E-state index in [9.17, 15) is 13.6 Å². The van der Waals surface area contributed by atoms with Crippen LogP contribution in [0.5, 0.6) is 0 Å². The van der Waals surface area contributed by atoms with Gasteiger partial charge in [0.05, 0.1) is 7.11 Å². The summed E-state index contributed by atoms with van der Waals surface area (Å²) in [6.45, 7) is 1.95. The Labute approximate surface area is 147 Å². The van der Waals surface area contributed by atoms with Crippen molar-refractivity contribution >= 4 is 11.8 Å². The lowest BCUT2D eigenvalue weighted by molar-refractivity contribution is -0.0652. The molecule has 1 atom stereocenters. The number of piperidine rings is 1. The van der Waals surface area contributed by atoms with Crippen LogP contribution in [0.4, 0.5) is 14.6 Å². The van der Waals surface area contributed by atoms with Gasteiger partial charge in [0.2, 0.25) is 0 Å². The molecule has 1 aromatic rings. The molecule has 1 saturated heterocycles. The van der Waals surface area contributed by atoms with E-state index in [-0.39, 0.29) is 19.5 Å². The van der Waals surface area contributed by atoms with Crippen molar-refractivity contribution in [1.82, 2.24) is 4.98 Å². The Hall–Kier alpha value is -1.72. The van der Waals surface area contributed by atoms with Crippen molar-refractivity contribution in [3.05, 3.63) is 22.9 Å². The molecule has 0 N–H and O–H groups in total. The van der Waals surface area contributed by atoms with Gasteiger partial charge in [-0.2, -0.15) is 0 Å². The number of hydrogen-bond acceptors (Lipinski definition) is 4. The summed E-state index contributed by atoms with van der Waals surface area (Å²) in [5.41, 5.74) is 2.51. The van der Waals surface area contributed by atoms with E-state index < -0.39 is 17.8 Å². The minimum absolute atomic E-state index is 0.197. The van der Waals surface area contributed by atoms with Gasteiger partial charge in [-0.15, -0.1) is 0 Å². The van der Waals surface area contributed by atoms with E-state index >= 15 is 0 Å². The lowest BCUT2D eigenvalue weighted by Crippen LogP contribution is -2.46. The molecule has 25 heavy (non-hydrogen) atoms. The summed E-state index contributed by atoms with van der Waals surface area (Å²) in [4.78, 5) is 18.9. The Morgan fingerprint density at radius 3 is 2.68 bits per heavy atom.